The van der Waals surface area contributed by atoms with Crippen molar-refractivity contribution in [2.24, 2.45) is 0 Å². The highest BCUT2D eigenvalue weighted by atomic mass is 35.5. The van der Waals surface area contributed by atoms with E-state index < -0.39 is 0 Å². The number of nitrogens with zero attached hydrogens (tertiary/aromatic N) is 1. The maximum atomic E-state index is 6.30. The van der Waals surface area contributed by atoms with Gasteiger partial charge < -0.3 is 5.32 Å². The Kier molecular flexibility index (Phi) is 3.25. The molecule has 0 aliphatic rings. The summed E-state index contributed by atoms with van der Waals surface area (Å²) in [5, 5.41) is 4.99. The zero-order chi connectivity index (χ0) is 12.6. The summed E-state index contributed by atoms with van der Waals surface area (Å²) in [5.74, 6) is 1.36. The van der Waals surface area contributed by atoms with Gasteiger partial charge in [-0.1, -0.05) is 37.6 Å². The van der Waals surface area contributed by atoms with Crippen LogP contribution in [0.3, 0.4) is 0 Å². The molecule has 2 rings (SSSR count). The molecule has 3 heteroatoms. The van der Waals surface area contributed by atoms with E-state index in [0.717, 1.165) is 27.3 Å². The lowest BCUT2D eigenvalue weighted by molar-refractivity contribution is 0.864. The highest BCUT2D eigenvalue weighted by molar-refractivity contribution is 6.35. The summed E-state index contributed by atoms with van der Waals surface area (Å²) in [6.45, 7) is 6.33. The molecule has 1 N–H and O–H groups in total. The molecular weight excluding hydrogens is 232 g/mol. The van der Waals surface area contributed by atoms with Crippen LogP contribution in [0.15, 0.2) is 18.2 Å². The Bertz CT molecular complexity index is 562. The summed E-state index contributed by atoms with van der Waals surface area (Å²) >= 11 is 6.30. The van der Waals surface area contributed by atoms with E-state index in [1.807, 2.05) is 20.0 Å². The number of nitrogens with one attached hydrogen (secondary N) is 1. The molecule has 1 heterocycles. The third kappa shape index (κ3) is 2.09. The number of hydrogen-bond acceptors (Lipinski definition) is 2. The molecule has 0 radical (unpaired) electrons. The van der Waals surface area contributed by atoms with Crippen molar-refractivity contribution in [3.05, 3.63) is 34.3 Å². The minimum Gasteiger partial charge on any atom is -0.373 e. The fraction of sp³-hybridized carbons (Fsp3) is 0.357. The molecule has 0 atom stereocenters. The first-order valence-corrected chi connectivity index (χ1v) is 6.20. The van der Waals surface area contributed by atoms with Gasteiger partial charge in [0.05, 0.1) is 10.5 Å². The number of hydrogen-bond donors (Lipinski definition) is 1. The molecule has 1 aromatic heterocycles. The molecule has 0 saturated carbocycles. The molecule has 0 amide bonds. The van der Waals surface area contributed by atoms with E-state index in [1.165, 1.54) is 5.56 Å². The highest BCUT2D eigenvalue weighted by Gasteiger charge is 2.11. The SMILES string of the molecule is CNc1nc2c(Cl)c(C)ccc2cc1C(C)C. The maximum Gasteiger partial charge on any atom is 0.129 e. The Labute approximate surface area is 107 Å². The molecule has 0 aliphatic heterocycles. The number of anilines is 1. The van der Waals surface area contributed by atoms with Gasteiger partial charge in [0.15, 0.2) is 0 Å². The zero-order valence-electron chi connectivity index (χ0n) is 10.6. The average molecular weight is 249 g/mol. The first kappa shape index (κ1) is 12.2. The second kappa shape index (κ2) is 4.53. The lowest BCUT2D eigenvalue weighted by Gasteiger charge is -2.14. The quantitative estimate of drug-likeness (QED) is 0.854. The molecule has 1 aromatic carbocycles. The molecule has 0 saturated heterocycles. The molecule has 0 bridgehead atoms. The van der Waals surface area contributed by atoms with E-state index in [0.29, 0.717) is 5.92 Å². The van der Waals surface area contributed by atoms with Gasteiger partial charge in [-0.3, -0.25) is 0 Å². The van der Waals surface area contributed by atoms with Crippen molar-refractivity contribution in [2.45, 2.75) is 26.7 Å². The highest BCUT2D eigenvalue weighted by Crippen LogP contribution is 2.31. The van der Waals surface area contributed by atoms with Crippen molar-refractivity contribution in [3.63, 3.8) is 0 Å². The normalized spacial score (nSPS) is 11.2. The van der Waals surface area contributed by atoms with Crippen LogP contribution >= 0.6 is 11.6 Å². The van der Waals surface area contributed by atoms with Crippen LogP contribution in [0.5, 0.6) is 0 Å². The molecule has 0 aliphatic carbocycles. The van der Waals surface area contributed by atoms with Gasteiger partial charge in [-0.05, 0) is 30.0 Å². The van der Waals surface area contributed by atoms with Crippen molar-refractivity contribution < 1.29 is 0 Å². The van der Waals surface area contributed by atoms with E-state index in [4.69, 9.17) is 11.6 Å². The number of aryl methyl sites for hydroxylation is 1. The van der Waals surface area contributed by atoms with Gasteiger partial charge in [0.1, 0.15) is 5.82 Å². The largest absolute Gasteiger partial charge is 0.373 e. The Morgan fingerprint density at radius 2 is 2.00 bits per heavy atom. The third-order valence-electron chi connectivity index (χ3n) is 3.01. The molecule has 0 unspecified atom stereocenters. The summed E-state index contributed by atoms with van der Waals surface area (Å²) in [6, 6.07) is 6.29. The summed E-state index contributed by atoms with van der Waals surface area (Å²) in [5.41, 5.74) is 3.16. The smallest absolute Gasteiger partial charge is 0.129 e. The van der Waals surface area contributed by atoms with E-state index in [-0.39, 0.29) is 0 Å². The van der Waals surface area contributed by atoms with Crippen molar-refractivity contribution in [3.8, 4) is 0 Å². The second-order valence-corrected chi connectivity index (χ2v) is 4.98. The molecule has 17 heavy (non-hydrogen) atoms. The van der Waals surface area contributed by atoms with Gasteiger partial charge in [0, 0.05) is 12.4 Å². The van der Waals surface area contributed by atoms with Crippen LogP contribution in [0.4, 0.5) is 5.82 Å². The number of aromatic nitrogens is 1. The Hall–Kier alpha value is -1.28. The predicted octanol–water partition coefficient (Wildman–Crippen LogP) is 4.36. The van der Waals surface area contributed by atoms with Gasteiger partial charge in [-0.25, -0.2) is 4.98 Å². The standard InChI is InChI=1S/C14H17ClN2/c1-8(2)11-7-10-6-5-9(3)12(15)13(10)17-14(11)16-4/h5-8H,1-4H3,(H,16,17). The molecular formula is C14H17ClN2. The second-order valence-electron chi connectivity index (χ2n) is 4.60. The number of fused-ring (bicyclic) bond motifs is 1. The van der Waals surface area contributed by atoms with Crippen LogP contribution in [0, 0.1) is 6.92 Å². The van der Waals surface area contributed by atoms with Crippen LogP contribution in [-0.2, 0) is 0 Å². The fourth-order valence-electron chi connectivity index (χ4n) is 1.96. The van der Waals surface area contributed by atoms with Crippen molar-refractivity contribution >= 4 is 28.3 Å². The van der Waals surface area contributed by atoms with Gasteiger partial charge in [0.25, 0.3) is 0 Å². The molecule has 90 valence electrons. The Morgan fingerprint density at radius 3 is 2.59 bits per heavy atom. The van der Waals surface area contributed by atoms with E-state index in [9.17, 15) is 0 Å². The van der Waals surface area contributed by atoms with E-state index in [2.05, 4.69) is 36.3 Å². The number of pyridine rings is 1. The van der Waals surface area contributed by atoms with Crippen LogP contribution in [0.2, 0.25) is 5.02 Å². The van der Waals surface area contributed by atoms with Crippen LogP contribution < -0.4 is 5.32 Å². The number of halogens is 1. The monoisotopic (exact) mass is 248 g/mol. The lowest BCUT2D eigenvalue weighted by atomic mass is 10.0. The van der Waals surface area contributed by atoms with Gasteiger partial charge in [0.2, 0.25) is 0 Å². The zero-order valence-corrected chi connectivity index (χ0v) is 11.4. The van der Waals surface area contributed by atoms with Gasteiger partial charge >= 0.3 is 0 Å². The Morgan fingerprint density at radius 1 is 1.29 bits per heavy atom. The first-order valence-electron chi connectivity index (χ1n) is 5.82. The predicted molar refractivity (Wildman–Crippen MR) is 75.1 cm³/mol. The summed E-state index contributed by atoms with van der Waals surface area (Å²) in [6.07, 6.45) is 0. The summed E-state index contributed by atoms with van der Waals surface area (Å²) < 4.78 is 0. The number of rotatable bonds is 2. The fourth-order valence-corrected chi connectivity index (χ4v) is 2.18. The summed E-state index contributed by atoms with van der Waals surface area (Å²) in [7, 11) is 1.89. The minimum absolute atomic E-state index is 0.439. The number of benzene rings is 1. The topological polar surface area (TPSA) is 24.9 Å². The van der Waals surface area contributed by atoms with Gasteiger partial charge in [-0.15, -0.1) is 0 Å². The average Bonchev–Trinajstić information content (AvgIpc) is 2.32. The third-order valence-corrected chi connectivity index (χ3v) is 3.48. The molecule has 2 aromatic rings. The van der Waals surface area contributed by atoms with Crippen molar-refractivity contribution in [1.29, 1.82) is 0 Å². The van der Waals surface area contributed by atoms with E-state index in [1.54, 1.807) is 0 Å². The first-order chi connectivity index (χ1) is 8.04. The molecule has 2 nitrogen and oxygen atoms in total. The minimum atomic E-state index is 0.439. The maximum absolute atomic E-state index is 6.30. The van der Waals surface area contributed by atoms with Crippen molar-refractivity contribution in [1.82, 2.24) is 4.98 Å². The summed E-state index contributed by atoms with van der Waals surface area (Å²) in [4.78, 5) is 4.63. The van der Waals surface area contributed by atoms with Crippen LogP contribution in [0.25, 0.3) is 10.9 Å². The van der Waals surface area contributed by atoms with E-state index >= 15 is 0 Å². The molecule has 0 fully saturated rings. The lowest BCUT2D eigenvalue weighted by Crippen LogP contribution is -2.01. The van der Waals surface area contributed by atoms with Crippen LogP contribution in [0.1, 0.15) is 30.9 Å². The molecule has 0 spiro atoms. The van der Waals surface area contributed by atoms with Gasteiger partial charge in [-0.2, -0.15) is 0 Å². The van der Waals surface area contributed by atoms with Crippen LogP contribution in [-0.4, -0.2) is 12.0 Å². The Balaban J connectivity index is 2.78. The van der Waals surface area contributed by atoms with Crippen molar-refractivity contribution in [2.75, 3.05) is 12.4 Å².